The standard InChI is InChI=1S/C24H23N5O2S2/c1-16(30)28(20-10-6-7-11-21(20)31-2)23-25-18(14-32-23)15-33-24-27-26-22(17-12-13-17)29(24)19-8-4-3-5-9-19/h3-11,14,17H,12-13,15H2,1-2H3. The number of benzene rings is 2. The van der Waals surface area contributed by atoms with Crippen molar-refractivity contribution in [2.75, 3.05) is 12.0 Å². The number of methoxy groups -OCH3 is 1. The van der Waals surface area contributed by atoms with E-state index in [1.165, 1.54) is 18.3 Å². The fourth-order valence-electron chi connectivity index (χ4n) is 3.63. The van der Waals surface area contributed by atoms with Gasteiger partial charge in [0.25, 0.3) is 0 Å². The molecule has 1 amide bonds. The highest BCUT2D eigenvalue weighted by Gasteiger charge is 2.31. The van der Waals surface area contributed by atoms with E-state index < -0.39 is 0 Å². The number of ether oxygens (including phenoxy) is 1. The number of amides is 1. The van der Waals surface area contributed by atoms with Crippen LogP contribution in [0.2, 0.25) is 0 Å². The number of thioether (sulfide) groups is 1. The van der Waals surface area contributed by atoms with E-state index in [1.54, 1.807) is 23.8 Å². The first-order valence-electron chi connectivity index (χ1n) is 10.7. The molecule has 2 aromatic carbocycles. The van der Waals surface area contributed by atoms with Gasteiger partial charge in [0.2, 0.25) is 5.91 Å². The monoisotopic (exact) mass is 477 g/mol. The second kappa shape index (κ2) is 9.36. The number of rotatable bonds is 8. The number of nitrogens with zero attached hydrogens (tertiary/aromatic N) is 5. The van der Waals surface area contributed by atoms with Gasteiger partial charge in [0.1, 0.15) is 11.6 Å². The fourth-order valence-corrected chi connectivity index (χ4v) is 5.46. The molecule has 0 spiro atoms. The van der Waals surface area contributed by atoms with E-state index in [1.807, 2.05) is 47.8 Å². The lowest BCUT2D eigenvalue weighted by Gasteiger charge is -2.20. The van der Waals surface area contributed by atoms with E-state index in [0.717, 1.165) is 35.2 Å². The van der Waals surface area contributed by atoms with Gasteiger partial charge in [-0.2, -0.15) is 0 Å². The van der Waals surface area contributed by atoms with Crippen LogP contribution in [0.4, 0.5) is 10.8 Å². The SMILES string of the molecule is COc1ccccc1N(C(C)=O)c1nc(CSc2nnc(C3CC3)n2-c2ccccc2)cs1. The lowest BCUT2D eigenvalue weighted by Crippen LogP contribution is -2.23. The van der Waals surface area contributed by atoms with E-state index in [0.29, 0.717) is 28.2 Å². The van der Waals surface area contributed by atoms with Crippen LogP contribution in [0, 0.1) is 0 Å². The summed E-state index contributed by atoms with van der Waals surface area (Å²) in [5, 5.41) is 12.4. The Kier molecular flexibility index (Phi) is 6.15. The Morgan fingerprint density at radius 2 is 1.91 bits per heavy atom. The van der Waals surface area contributed by atoms with Crippen molar-refractivity contribution in [3.8, 4) is 11.4 Å². The Morgan fingerprint density at radius 1 is 1.15 bits per heavy atom. The number of aromatic nitrogens is 4. The summed E-state index contributed by atoms with van der Waals surface area (Å²) in [5.74, 6) is 2.65. The molecule has 4 aromatic rings. The molecule has 7 nitrogen and oxygen atoms in total. The molecular weight excluding hydrogens is 454 g/mol. The maximum absolute atomic E-state index is 12.5. The number of hydrogen-bond donors (Lipinski definition) is 0. The molecule has 5 rings (SSSR count). The van der Waals surface area contributed by atoms with Gasteiger partial charge in [-0.15, -0.1) is 21.5 Å². The summed E-state index contributed by atoms with van der Waals surface area (Å²) in [6, 6.07) is 17.7. The topological polar surface area (TPSA) is 73.1 Å². The Hall–Kier alpha value is -3.17. The van der Waals surface area contributed by atoms with Crippen molar-refractivity contribution < 1.29 is 9.53 Å². The number of para-hydroxylation sites is 3. The maximum atomic E-state index is 12.5. The van der Waals surface area contributed by atoms with Crippen LogP contribution in [0.3, 0.4) is 0 Å². The van der Waals surface area contributed by atoms with Crippen molar-refractivity contribution in [1.29, 1.82) is 0 Å². The third-order valence-electron chi connectivity index (χ3n) is 5.34. The van der Waals surface area contributed by atoms with Crippen LogP contribution in [-0.4, -0.2) is 32.8 Å². The first-order valence-corrected chi connectivity index (χ1v) is 12.5. The summed E-state index contributed by atoms with van der Waals surface area (Å²) in [6.07, 6.45) is 2.32. The first-order chi connectivity index (χ1) is 16.2. The van der Waals surface area contributed by atoms with Crippen molar-refractivity contribution >= 4 is 39.8 Å². The van der Waals surface area contributed by atoms with Crippen LogP contribution in [0.1, 0.15) is 37.2 Å². The molecule has 2 heterocycles. The zero-order valence-electron chi connectivity index (χ0n) is 18.3. The summed E-state index contributed by atoms with van der Waals surface area (Å²) in [4.78, 5) is 18.8. The molecule has 1 aliphatic carbocycles. The lowest BCUT2D eigenvalue weighted by molar-refractivity contribution is -0.115. The van der Waals surface area contributed by atoms with E-state index in [4.69, 9.17) is 9.72 Å². The summed E-state index contributed by atoms with van der Waals surface area (Å²) in [6.45, 7) is 1.53. The second-order valence-corrected chi connectivity index (χ2v) is 9.50. The van der Waals surface area contributed by atoms with Gasteiger partial charge in [-0.25, -0.2) is 4.98 Å². The minimum absolute atomic E-state index is 0.119. The average molecular weight is 478 g/mol. The lowest BCUT2D eigenvalue weighted by atomic mass is 10.2. The van der Waals surface area contributed by atoms with Crippen molar-refractivity contribution in [3.63, 3.8) is 0 Å². The number of carbonyl (C=O) groups excluding carboxylic acids is 1. The van der Waals surface area contributed by atoms with Crippen molar-refractivity contribution in [1.82, 2.24) is 19.7 Å². The van der Waals surface area contributed by atoms with Crippen molar-refractivity contribution in [2.45, 2.75) is 36.6 Å². The molecule has 0 saturated heterocycles. The molecule has 33 heavy (non-hydrogen) atoms. The zero-order chi connectivity index (χ0) is 22.8. The third-order valence-corrected chi connectivity index (χ3v) is 7.17. The van der Waals surface area contributed by atoms with Crippen molar-refractivity contribution in [3.05, 3.63) is 71.5 Å². The van der Waals surface area contributed by atoms with Gasteiger partial charge in [-0.1, -0.05) is 42.1 Å². The molecule has 168 valence electrons. The maximum Gasteiger partial charge on any atom is 0.230 e. The van der Waals surface area contributed by atoms with Gasteiger partial charge >= 0.3 is 0 Å². The van der Waals surface area contributed by atoms with Gasteiger partial charge in [0, 0.05) is 29.7 Å². The molecule has 0 bridgehead atoms. The highest BCUT2D eigenvalue weighted by atomic mass is 32.2. The number of hydrogen-bond acceptors (Lipinski definition) is 7. The molecule has 0 unspecified atom stereocenters. The number of carbonyl (C=O) groups is 1. The summed E-state index contributed by atoms with van der Waals surface area (Å²) >= 11 is 3.04. The molecule has 1 fully saturated rings. The van der Waals surface area contributed by atoms with Crippen LogP contribution in [-0.2, 0) is 10.5 Å². The highest BCUT2D eigenvalue weighted by Crippen LogP contribution is 2.41. The zero-order valence-corrected chi connectivity index (χ0v) is 20.0. The Morgan fingerprint density at radius 3 is 2.64 bits per heavy atom. The molecule has 1 aliphatic rings. The van der Waals surface area contributed by atoms with Crippen LogP contribution in [0.25, 0.3) is 5.69 Å². The van der Waals surface area contributed by atoms with Gasteiger partial charge in [0.15, 0.2) is 10.3 Å². The largest absolute Gasteiger partial charge is 0.495 e. The Balaban J connectivity index is 1.38. The summed E-state index contributed by atoms with van der Waals surface area (Å²) < 4.78 is 7.61. The molecular formula is C24H23N5O2S2. The molecule has 0 N–H and O–H groups in total. The number of anilines is 2. The second-order valence-electron chi connectivity index (χ2n) is 7.72. The number of thiazole rings is 1. The summed E-state index contributed by atoms with van der Waals surface area (Å²) in [5.41, 5.74) is 2.64. The molecule has 2 aromatic heterocycles. The molecule has 0 aliphatic heterocycles. The van der Waals surface area contributed by atoms with E-state index in [2.05, 4.69) is 26.9 Å². The molecule has 1 saturated carbocycles. The third kappa shape index (κ3) is 4.51. The molecule has 0 radical (unpaired) electrons. The smallest absolute Gasteiger partial charge is 0.230 e. The van der Waals surface area contributed by atoms with Crippen molar-refractivity contribution in [2.24, 2.45) is 0 Å². The molecule has 0 atom stereocenters. The average Bonchev–Trinajstić information content (AvgIpc) is 3.43. The minimum atomic E-state index is -0.119. The van der Waals surface area contributed by atoms with Crippen LogP contribution >= 0.6 is 23.1 Å². The fraction of sp³-hybridized carbons (Fsp3) is 0.250. The Bertz CT molecular complexity index is 1270. The highest BCUT2D eigenvalue weighted by molar-refractivity contribution is 7.98. The normalized spacial score (nSPS) is 13.2. The first kappa shape index (κ1) is 21.7. The summed E-state index contributed by atoms with van der Waals surface area (Å²) in [7, 11) is 1.60. The van der Waals surface area contributed by atoms with E-state index in [9.17, 15) is 4.79 Å². The van der Waals surface area contributed by atoms with E-state index >= 15 is 0 Å². The van der Waals surface area contributed by atoms with Gasteiger partial charge in [0.05, 0.1) is 18.5 Å². The van der Waals surface area contributed by atoms with Gasteiger partial charge in [-0.3, -0.25) is 14.3 Å². The predicted molar refractivity (Wildman–Crippen MR) is 131 cm³/mol. The van der Waals surface area contributed by atoms with Gasteiger partial charge < -0.3 is 4.74 Å². The molecule has 9 heteroatoms. The minimum Gasteiger partial charge on any atom is -0.495 e. The van der Waals surface area contributed by atoms with Crippen LogP contribution in [0.5, 0.6) is 5.75 Å². The van der Waals surface area contributed by atoms with Gasteiger partial charge in [-0.05, 0) is 37.1 Å². The quantitative estimate of drug-likeness (QED) is 0.308. The van der Waals surface area contributed by atoms with Crippen LogP contribution < -0.4 is 9.64 Å². The predicted octanol–water partition coefficient (Wildman–Crippen LogP) is 5.59. The van der Waals surface area contributed by atoms with E-state index in [-0.39, 0.29) is 5.91 Å². The Labute approximate surface area is 200 Å². The van der Waals surface area contributed by atoms with Crippen LogP contribution in [0.15, 0.2) is 65.1 Å².